The first-order chi connectivity index (χ1) is 9.25. The summed E-state index contributed by atoms with van der Waals surface area (Å²) in [7, 11) is 0. The van der Waals surface area contributed by atoms with Gasteiger partial charge in [-0.25, -0.2) is 0 Å². The molecule has 0 unspecified atom stereocenters. The molecule has 0 spiro atoms. The molecule has 0 aromatic heterocycles. The number of benzene rings is 1. The Hall–Kier alpha value is -1.13. The first-order valence-electron chi connectivity index (χ1n) is 6.86. The molecule has 1 saturated carbocycles. The van der Waals surface area contributed by atoms with E-state index >= 15 is 0 Å². The highest BCUT2D eigenvalue weighted by molar-refractivity contribution is 7.80. The standard InChI is InChI=1S/C15H21NO2S/c16-15(19)13-5-7-14(8-6-13)18-10-9-17-11-12-3-1-2-4-12/h5-8,12H,1-4,9-11H2,(H2,16,19). The molecule has 0 amide bonds. The van der Waals surface area contributed by atoms with Gasteiger partial charge in [-0.15, -0.1) is 0 Å². The third kappa shape index (κ3) is 4.80. The highest BCUT2D eigenvalue weighted by Crippen LogP contribution is 2.24. The lowest BCUT2D eigenvalue weighted by molar-refractivity contribution is 0.0754. The maximum Gasteiger partial charge on any atom is 0.119 e. The fraction of sp³-hybridized carbons (Fsp3) is 0.533. The van der Waals surface area contributed by atoms with Crippen LogP contribution >= 0.6 is 12.2 Å². The van der Waals surface area contributed by atoms with E-state index in [-0.39, 0.29) is 0 Å². The molecule has 1 aliphatic rings. The van der Waals surface area contributed by atoms with Gasteiger partial charge in [-0.2, -0.15) is 0 Å². The van der Waals surface area contributed by atoms with Gasteiger partial charge in [0.25, 0.3) is 0 Å². The molecule has 3 nitrogen and oxygen atoms in total. The third-order valence-corrected chi connectivity index (χ3v) is 3.70. The highest BCUT2D eigenvalue weighted by atomic mass is 32.1. The Morgan fingerprint density at radius 1 is 1.16 bits per heavy atom. The lowest BCUT2D eigenvalue weighted by Crippen LogP contribution is -2.12. The van der Waals surface area contributed by atoms with Crippen molar-refractivity contribution in [1.82, 2.24) is 0 Å². The van der Waals surface area contributed by atoms with E-state index in [4.69, 9.17) is 27.4 Å². The van der Waals surface area contributed by atoms with E-state index in [1.165, 1.54) is 25.7 Å². The number of rotatable bonds is 7. The third-order valence-electron chi connectivity index (χ3n) is 3.46. The van der Waals surface area contributed by atoms with Crippen molar-refractivity contribution in [2.45, 2.75) is 25.7 Å². The van der Waals surface area contributed by atoms with Gasteiger partial charge in [0.05, 0.1) is 6.61 Å². The molecule has 1 aromatic carbocycles. The lowest BCUT2D eigenvalue weighted by atomic mass is 10.1. The highest BCUT2D eigenvalue weighted by Gasteiger charge is 2.14. The Bertz CT molecular complexity index is 399. The molecule has 4 heteroatoms. The molecule has 0 bridgehead atoms. The van der Waals surface area contributed by atoms with Gasteiger partial charge in [0.15, 0.2) is 0 Å². The molecule has 1 aliphatic carbocycles. The normalized spacial score (nSPS) is 15.6. The zero-order chi connectivity index (χ0) is 13.5. The van der Waals surface area contributed by atoms with Crippen LogP contribution in [-0.4, -0.2) is 24.8 Å². The molecule has 104 valence electrons. The molecule has 0 radical (unpaired) electrons. The van der Waals surface area contributed by atoms with Crippen molar-refractivity contribution in [3.8, 4) is 5.75 Å². The fourth-order valence-electron chi connectivity index (χ4n) is 2.36. The molecule has 2 N–H and O–H groups in total. The van der Waals surface area contributed by atoms with Gasteiger partial charge in [0, 0.05) is 12.2 Å². The minimum atomic E-state index is 0.409. The molecule has 2 rings (SSSR count). The minimum Gasteiger partial charge on any atom is -0.491 e. The van der Waals surface area contributed by atoms with Crippen LogP contribution < -0.4 is 10.5 Å². The van der Waals surface area contributed by atoms with Gasteiger partial charge in [-0.1, -0.05) is 25.1 Å². The minimum absolute atomic E-state index is 0.409. The van der Waals surface area contributed by atoms with E-state index in [0.717, 1.165) is 23.8 Å². The molecular weight excluding hydrogens is 258 g/mol. The van der Waals surface area contributed by atoms with Crippen molar-refractivity contribution in [2.75, 3.05) is 19.8 Å². The average molecular weight is 279 g/mol. The van der Waals surface area contributed by atoms with Gasteiger partial charge in [0.2, 0.25) is 0 Å². The Kier molecular flexibility index (Phi) is 5.61. The van der Waals surface area contributed by atoms with Crippen LogP contribution in [-0.2, 0) is 4.74 Å². The zero-order valence-corrected chi connectivity index (χ0v) is 12.0. The molecule has 19 heavy (non-hydrogen) atoms. The summed E-state index contributed by atoms with van der Waals surface area (Å²) in [4.78, 5) is 0.409. The maximum atomic E-state index is 5.64. The summed E-state index contributed by atoms with van der Waals surface area (Å²) < 4.78 is 11.2. The zero-order valence-electron chi connectivity index (χ0n) is 11.1. The van der Waals surface area contributed by atoms with Gasteiger partial charge < -0.3 is 15.2 Å². The first-order valence-corrected chi connectivity index (χ1v) is 7.27. The second kappa shape index (κ2) is 7.46. The van der Waals surface area contributed by atoms with Crippen LogP contribution in [0, 0.1) is 5.92 Å². The van der Waals surface area contributed by atoms with Crippen molar-refractivity contribution >= 4 is 17.2 Å². The summed E-state index contributed by atoms with van der Waals surface area (Å²) in [6, 6.07) is 7.50. The molecule has 0 saturated heterocycles. The quantitative estimate of drug-likeness (QED) is 0.616. The van der Waals surface area contributed by atoms with Crippen molar-refractivity contribution < 1.29 is 9.47 Å². The summed E-state index contributed by atoms with van der Waals surface area (Å²) in [5, 5.41) is 0. The monoisotopic (exact) mass is 279 g/mol. The number of hydrogen-bond acceptors (Lipinski definition) is 3. The fourth-order valence-corrected chi connectivity index (χ4v) is 2.50. The average Bonchev–Trinajstić information content (AvgIpc) is 2.92. The Morgan fingerprint density at radius 3 is 2.47 bits per heavy atom. The number of ether oxygens (including phenoxy) is 2. The number of hydrogen-bond donors (Lipinski definition) is 1. The van der Waals surface area contributed by atoms with E-state index in [2.05, 4.69) is 0 Å². The van der Waals surface area contributed by atoms with Crippen molar-refractivity contribution in [1.29, 1.82) is 0 Å². The van der Waals surface area contributed by atoms with Crippen LogP contribution in [0.2, 0.25) is 0 Å². The molecule has 0 heterocycles. The van der Waals surface area contributed by atoms with Crippen LogP contribution in [0.5, 0.6) is 5.75 Å². The number of thiocarbonyl (C=S) groups is 1. The first kappa shape index (κ1) is 14.3. The van der Waals surface area contributed by atoms with Crippen molar-refractivity contribution in [3.63, 3.8) is 0 Å². The lowest BCUT2D eigenvalue weighted by Gasteiger charge is -2.11. The smallest absolute Gasteiger partial charge is 0.119 e. The maximum absolute atomic E-state index is 5.64. The summed E-state index contributed by atoms with van der Waals surface area (Å²) in [6.45, 7) is 2.11. The topological polar surface area (TPSA) is 44.5 Å². The van der Waals surface area contributed by atoms with Crippen LogP contribution in [0.3, 0.4) is 0 Å². The van der Waals surface area contributed by atoms with E-state index in [1.807, 2.05) is 24.3 Å². The van der Waals surface area contributed by atoms with Crippen molar-refractivity contribution in [2.24, 2.45) is 11.7 Å². The summed E-state index contributed by atoms with van der Waals surface area (Å²) >= 11 is 4.90. The number of nitrogens with two attached hydrogens (primary N) is 1. The SMILES string of the molecule is NC(=S)c1ccc(OCCOCC2CCCC2)cc1. The summed E-state index contributed by atoms with van der Waals surface area (Å²) in [5.41, 5.74) is 6.39. The Labute approximate surface area is 120 Å². The van der Waals surface area contributed by atoms with E-state index in [0.29, 0.717) is 18.2 Å². The van der Waals surface area contributed by atoms with E-state index in [1.54, 1.807) is 0 Å². The molecule has 0 atom stereocenters. The predicted molar refractivity (Wildman–Crippen MR) is 80.6 cm³/mol. The summed E-state index contributed by atoms with van der Waals surface area (Å²) in [5.74, 6) is 1.59. The van der Waals surface area contributed by atoms with Crippen LogP contribution in [0.15, 0.2) is 24.3 Å². The Balaban J connectivity index is 1.61. The van der Waals surface area contributed by atoms with E-state index in [9.17, 15) is 0 Å². The van der Waals surface area contributed by atoms with Gasteiger partial charge in [-0.3, -0.25) is 0 Å². The van der Waals surface area contributed by atoms with E-state index < -0.39 is 0 Å². The van der Waals surface area contributed by atoms with Gasteiger partial charge >= 0.3 is 0 Å². The van der Waals surface area contributed by atoms with Crippen LogP contribution in [0.4, 0.5) is 0 Å². The van der Waals surface area contributed by atoms with Crippen LogP contribution in [0.1, 0.15) is 31.2 Å². The molecular formula is C15H21NO2S. The van der Waals surface area contributed by atoms with Crippen LogP contribution in [0.25, 0.3) is 0 Å². The Morgan fingerprint density at radius 2 is 1.84 bits per heavy atom. The van der Waals surface area contributed by atoms with Crippen molar-refractivity contribution in [3.05, 3.63) is 29.8 Å². The second-order valence-corrected chi connectivity index (χ2v) is 5.40. The molecule has 0 aliphatic heterocycles. The van der Waals surface area contributed by atoms with Gasteiger partial charge in [0.1, 0.15) is 17.3 Å². The molecule has 1 aromatic rings. The second-order valence-electron chi connectivity index (χ2n) is 4.96. The molecule has 1 fully saturated rings. The largest absolute Gasteiger partial charge is 0.491 e. The van der Waals surface area contributed by atoms with Gasteiger partial charge in [-0.05, 0) is 43.0 Å². The summed E-state index contributed by atoms with van der Waals surface area (Å²) in [6.07, 6.45) is 5.36. The predicted octanol–water partition coefficient (Wildman–Crippen LogP) is 2.91.